The van der Waals surface area contributed by atoms with Crippen LogP contribution in [0.1, 0.15) is 43.2 Å². The van der Waals surface area contributed by atoms with E-state index in [-0.39, 0.29) is 11.5 Å². The molecule has 0 radical (unpaired) electrons. The first-order chi connectivity index (χ1) is 8.39. The van der Waals surface area contributed by atoms with Crippen LogP contribution in [0.5, 0.6) is 0 Å². The Morgan fingerprint density at radius 1 is 1.44 bits per heavy atom. The van der Waals surface area contributed by atoms with Gasteiger partial charge in [0.15, 0.2) is 0 Å². The monoisotopic (exact) mass is 266 g/mol. The van der Waals surface area contributed by atoms with Gasteiger partial charge in [-0.15, -0.1) is 5.10 Å². The summed E-state index contributed by atoms with van der Waals surface area (Å²) in [7, 11) is 1.87. The van der Waals surface area contributed by atoms with E-state index in [1.54, 1.807) is 4.68 Å². The van der Waals surface area contributed by atoms with E-state index < -0.39 is 0 Å². The van der Waals surface area contributed by atoms with Crippen LogP contribution in [-0.4, -0.2) is 24.4 Å². The normalized spacial score (nSPS) is 13.8. The van der Waals surface area contributed by atoms with E-state index in [9.17, 15) is 0 Å². The molecule has 2 aromatic heterocycles. The third-order valence-corrected chi connectivity index (χ3v) is 3.62. The fourth-order valence-corrected chi connectivity index (χ4v) is 2.62. The molecule has 0 aliphatic heterocycles. The predicted molar refractivity (Wildman–Crippen MR) is 70.2 cm³/mol. The zero-order valence-electron chi connectivity index (χ0n) is 11.1. The van der Waals surface area contributed by atoms with Crippen molar-refractivity contribution in [2.45, 2.75) is 38.6 Å². The molecule has 2 rings (SSSR count). The lowest BCUT2D eigenvalue weighted by atomic mass is 9.89. The van der Waals surface area contributed by atoms with Crippen LogP contribution in [0.3, 0.4) is 0 Å². The van der Waals surface area contributed by atoms with E-state index in [4.69, 9.17) is 5.73 Å². The lowest BCUT2D eigenvalue weighted by molar-refractivity contribution is 0.545. The van der Waals surface area contributed by atoms with Crippen LogP contribution in [0.15, 0.2) is 6.33 Å². The van der Waals surface area contributed by atoms with Crippen molar-refractivity contribution >= 4 is 11.5 Å². The molecule has 6 nitrogen and oxygen atoms in total. The molecule has 2 aromatic rings. The quantitative estimate of drug-likeness (QED) is 0.902. The molecule has 1 unspecified atom stereocenters. The van der Waals surface area contributed by atoms with E-state index in [0.29, 0.717) is 6.42 Å². The van der Waals surface area contributed by atoms with Crippen molar-refractivity contribution < 1.29 is 0 Å². The largest absolute Gasteiger partial charge is 0.323 e. The van der Waals surface area contributed by atoms with Crippen molar-refractivity contribution in [3.05, 3.63) is 22.7 Å². The standard InChI is InChI=1S/C11H18N6S/c1-11(2,3)10-9(18-16-15-10)7(12)5-8-13-6-14-17(8)4/h6-7H,5,12H2,1-4H3. The van der Waals surface area contributed by atoms with E-state index in [2.05, 4.69) is 40.4 Å². The number of rotatable bonds is 3. The molecule has 0 fully saturated rings. The maximum atomic E-state index is 6.25. The third kappa shape index (κ3) is 2.56. The minimum absolute atomic E-state index is 0.0418. The fourth-order valence-electron chi connectivity index (χ4n) is 1.75. The van der Waals surface area contributed by atoms with Gasteiger partial charge in [0.05, 0.1) is 10.6 Å². The molecule has 0 aliphatic carbocycles. The topological polar surface area (TPSA) is 82.5 Å². The van der Waals surface area contributed by atoms with Crippen molar-refractivity contribution in [2.75, 3.05) is 0 Å². The third-order valence-electron chi connectivity index (χ3n) is 2.77. The predicted octanol–water partition coefficient (Wildman–Crippen LogP) is 1.21. The minimum atomic E-state index is -0.137. The summed E-state index contributed by atoms with van der Waals surface area (Å²) in [5, 5.41) is 8.25. The van der Waals surface area contributed by atoms with Gasteiger partial charge < -0.3 is 5.73 Å². The molecule has 0 saturated carbocycles. The van der Waals surface area contributed by atoms with Gasteiger partial charge in [-0.05, 0) is 11.5 Å². The van der Waals surface area contributed by atoms with Crippen LogP contribution in [0, 0.1) is 0 Å². The Labute approximate surface area is 110 Å². The van der Waals surface area contributed by atoms with E-state index in [1.165, 1.54) is 17.9 Å². The Morgan fingerprint density at radius 2 is 2.17 bits per heavy atom. The van der Waals surface area contributed by atoms with Crippen LogP contribution < -0.4 is 5.73 Å². The van der Waals surface area contributed by atoms with Crippen LogP contribution in [0.4, 0.5) is 0 Å². The second-order valence-electron chi connectivity index (χ2n) is 5.35. The molecule has 0 spiro atoms. The highest BCUT2D eigenvalue weighted by molar-refractivity contribution is 7.05. The molecule has 98 valence electrons. The summed E-state index contributed by atoms with van der Waals surface area (Å²) in [6.45, 7) is 6.34. The second kappa shape index (κ2) is 4.74. The first kappa shape index (κ1) is 13.1. The summed E-state index contributed by atoms with van der Waals surface area (Å²) in [6, 6.07) is -0.137. The Morgan fingerprint density at radius 3 is 2.72 bits per heavy atom. The van der Waals surface area contributed by atoms with Gasteiger partial charge in [-0.2, -0.15) is 5.10 Å². The van der Waals surface area contributed by atoms with Crippen molar-refractivity contribution in [1.82, 2.24) is 24.4 Å². The number of aromatic nitrogens is 5. The summed E-state index contributed by atoms with van der Waals surface area (Å²) >= 11 is 1.37. The van der Waals surface area contributed by atoms with Gasteiger partial charge in [-0.1, -0.05) is 25.3 Å². The highest BCUT2D eigenvalue weighted by atomic mass is 32.1. The maximum absolute atomic E-state index is 6.25. The van der Waals surface area contributed by atoms with Crippen molar-refractivity contribution in [1.29, 1.82) is 0 Å². The van der Waals surface area contributed by atoms with E-state index >= 15 is 0 Å². The van der Waals surface area contributed by atoms with E-state index in [1.807, 2.05) is 7.05 Å². The molecule has 0 aromatic carbocycles. The summed E-state index contributed by atoms with van der Waals surface area (Å²) in [5.74, 6) is 0.871. The fraction of sp³-hybridized carbons (Fsp3) is 0.636. The summed E-state index contributed by atoms with van der Waals surface area (Å²) in [4.78, 5) is 5.23. The van der Waals surface area contributed by atoms with Gasteiger partial charge in [0, 0.05) is 24.9 Å². The van der Waals surface area contributed by atoms with Gasteiger partial charge in [-0.25, -0.2) is 4.98 Å². The molecular formula is C11H18N6S. The average molecular weight is 266 g/mol. The zero-order chi connectivity index (χ0) is 13.3. The molecule has 18 heavy (non-hydrogen) atoms. The Bertz CT molecular complexity index is 524. The van der Waals surface area contributed by atoms with E-state index in [0.717, 1.165) is 16.4 Å². The molecule has 0 saturated heterocycles. The van der Waals surface area contributed by atoms with Gasteiger partial charge in [0.25, 0.3) is 0 Å². The van der Waals surface area contributed by atoms with Crippen molar-refractivity contribution in [2.24, 2.45) is 12.8 Å². The van der Waals surface area contributed by atoms with Crippen LogP contribution >= 0.6 is 11.5 Å². The van der Waals surface area contributed by atoms with Gasteiger partial charge in [-0.3, -0.25) is 4.68 Å². The Balaban J connectivity index is 2.22. The molecule has 0 aliphatic rings. The SMILES string of the molecule is Cn1ncnc1CC(N)c1snnc1C(C)(C)C. The summed E-state index contributed by atoms with van der Waals surface area (Å²) < 4.78 is 5.77. The van der Waals surface area contributed by atoms with Gasteiger partial charge in [0.2, 0.25) is 0 Å². The summed E-state index contributed by atoms with van der Waals surface area (Å²) in [5.41, 5.74) is 7.18. The second-order valence-corrected chi connectivity index (χ2v) is 6.13. The Hall–Kier alpha value is -1.34. The number of nitrogens with zero attached hydrogens (tertiary/aromatic N) is 5. The smallest absolute Gasteiger partial charge is 0.138 e. The van der Waals surface area contributed by atoms with Crippen molar-refractivity contribution in [3.8, 4) is 0 Å². The molecule has 0 amide bonds. The highest BCUT2D eigenvalue weighted by Crippen LogP contribution is 2.30. The van der Waals surface area contributed by atoms with Gasteiger partial charge >= 0.3 is 0 Å². The number of hydrogen-bond donors (Lipinski definition) is 1. The van der Waals surface area contributed by atoms with Crippen molar-refractivity contribution in [3.63, 3.8) is 0 Å². The van der Waals surface area contributed by atoms with Gasteiger partial charge in [0.1, 0.15) is 12.2 Å². The maximum Gasteiger partial charge on any atom is 0.138 e. The van der Waals surface area contributed by atoms with Crippen LogP contribution in [0.25, 0.3) is 0 Å². The molecule has 1 atom stereocenters. The summed E-state index contributed by atoms with van der Waals surface area (Å²) in [6.07, 6.45) is 2.18. The number of nitrogens with two attached hydrogens (primary N) is 1. The molecular weight excluding hydrogens is 248 g/mol. The zero-order valence-corrected chi connectivity index (χ0v) is 11.9. The molecule has 2 N–H and O–H groups in total. The number of hydrogen-bond acceptors (Lipinski definition) is 6. The number of aryl methyl sites for hydroxylation is 1. The average Bonchev–Trinajstić information content (AvgIpc) is 2.86. The lowest BCUT2D eigenvalue weighted by Gasteiger charge is -2.19. The lowest BCUT2D eigenvalue weighted by Crippen LogP contribution is -2.21. The molecule has 7 heteroatoms. The first-order valence-electron chi connectivity index (χ1n) is 5.80. The molecule has 0 bridgehead atoms. The molecule has 2 heterocycles. The van der Waals surface area contributed by atoms with Crippen LogP contribution in [-0.2, 0) is 18.9 Å². The minimum Gasteiger partial charge on any atom is -0.323 e. The van der Waals surface area contributed by atoms with Crippen LogP contribution in [0.2, 0.25) is 0 Å². The first-order valence-corrected chi connectivity index (χ1v) is 6.58. The Kier molecular flexibility index (Phi) is 3.45. The highest BCUT2D eigenvalue weighted by Gasteiger charge is 2.26.